The monoisotopic (exact) mass is 410 g/mol. The Bertz CT molecular complexity index is 606. The van der Waals surface area contributed by atoms with Crippen molar-refractivity contribution in [3.05, 3.63) is 71.5 Å². The average Bonchev–Trinajstić information content (AvgIpc) is 2.71. The SMILES string of the molecule is CC.CC.Fc1ccccc1.O/N=C(\Br)N1CCc2ccccc2C1. The second-order valence-corrected chi connectivity index (χ2v) is 5.31. The zero-order chi connectivity index (χ0) is 19.1. The number of rotatable bonds is 0. The highest BCUT2D eigenvalue weighted by Crippen LogP contribution is 2.19. The van der Waals surface area contributed by atoms with Crippen LogP contribution >= 0.6 is 15.9 Å². The van der Waals surface area contributed by atoms with Gasteiger partial charge < -0.3 is 10.1 Å². The molecule has 0 radical (unpaired) electrons. The molecule has 0 spiro atoms. The highest BCUT2D eigenvalue weighted by molar-refractivity contribution is 9.18. The van der Waals surface area contributed by atoms with E-state index < -0.39 is 0 Å². The third kappa shape index (κ3) is 8.68. The van der Waals surface area contributed by atoms with E-state index in [-0.39, 0.29) is 5.82 Å². The fourth-order valence-corrected chi connectivity index (χ4v) is 2.43. The molecule has 1 aliphatic heterocycles. The molecule has 1 N–H and O–H groups in total. The third-order valence-electron chi connectivity index (χ3n) is 3.21. The quantitative estimate of drug-likeness (QED) is 0.188. The Morgan fingerprint density at radius 2 is 1.48 bits per heavy atom. The van der Waals surface area contributed by atoms with Gasteiger partial charge in [-0.2, -0.15) is 0 Å². The van der Waals surface area contributed by atoms with E-state index in [0.717, 1.165) is 19.5 Å². The van der Waals surface area contributed by atoms with Crippen LogP contribution in [-0.2, 0) is 13.0 Å². The van der Waals surface area contributed by atoms with Gasteiger partial charge in [0.15, 0.2) is 0 Å². The van der Waals surface area contributed by atoms with Crippen LogP contribution in [0.5, 0.6) is 0 Å². The zero-order valence-corrected chi connectivity index (χ0v) is 17.0. The van der Waals surface area contributed by atoms with Crippen molar-refractivity contribution < 1.29 is 9.60 Å². The molecular formula is C20H28BrFN2O. The number of halogens is 2. The van der Waals surface area contributed by atoms with Crippen LogP contribution in [0.15, 0.2) is 59.8 Å². The molecule has 1 aliphatic rings. The Hall–Kier alpha value is -1.88. The molecule has 2 aromatic rings. The summed E-state index contributed by atoms with van der Waals surface area (Å²) >= 11 is 3.22. The van der Waals surface area contributed by atoms with Crippen molar-refractivity contribution in [2.24, 2.45) is 5.16 Å². The topological polar surface area (TPSA) is 35.8 Å². The summed E-state index contributed by atoms with van der Waals surface area (Å²) in [6.07, 6.45) is 1.00. The van der Waals surface area contributed by atoms with Crippen molar-refractivity contribution in [2.45, 2.75) is 40.7 Å². The lowest BCUT2D eigenvalue weighted by Gasteiger charge is -2.28. The van der Waals surface area contributed by atoms with E-state index in [1.807, 2.05) is 38.7 Å². The summed E-state index contributed by atoms with van der Waals surface area (Å²) in [5.74, 6) is -0.178. The second kappa shape index (κ2) is 14.5. The highest BCUT2D eigenvalue weighted by atomic mass is 79.9. The summed E-state index contributed by atoms with van der Waals surface area (Å²) < 4.78 is 12.4. The number of hydrogen-bond acceptors (Lipinski definition) is 2. The minimum Gasteiger partial charge on any atom is -0.409 e. The van der Waals surface area contributed by atoms with Gasteiger partial charge in [-0.15, -0.1) is 0 Å². The summed E-state index contributed by atoms with van der Waals surface area (Å²) in [6.45, 7) is 9.70. The maximum atomic E-state index is 11.9. The number of benzene rings is 2. The first kappa shape index (κ1) is 23.1. The van der Waals surface area contributed by atoms with Crippen LogP contribution in [0.3, 0.4) is 0 Å². The molecule has 0 fully saturated rings. The first-order chi connectivity index (χ1) is 12.2. The van der Waals surface area contributed by atoms with E-state index >= 15 is 0 Å². The van der Waals surface area contributed by atoms with E-state index in [9.17, 15) is 4.39 Å². The molecule has 2 aromatic carbocycles. The summed E-state index contributed by atoms with van der Waals surface area (Å²) in [5, 5.41) is 11.8. The molecule has 0 bridgehead atoms. The lowest BCUT2D eigenvalue weighted by Crippen LogP contribution is -2.32. The lowest BCUT2D eigenvalue weighted by molar-refractivity contribution is 0.300. The van der Waals surface area contributed by atoms with Gasteiger partial charge in [0.1, 0.15) is 5.82 Å². The first-order valence-electron chi connectivity index (χ1n) is 8.60. The van der Waals surface area contributed by atoms with Crippen molar-refractivity contribution in [1.29, 1.82) is 0 Å². The molecule has 0 aliphatic carbocycles. The Kier molecular flexibility index (Phi) is 13.4. The average molecular weight is 411 g/mol. The van der Waals surface area contributed by atoms with Crippen LogP contribution in [0, 0.1) is 5.82 Å². The van der Waals surface area contributed by atoms with Crippen LogP contribution in [-0.4, -0.2) is 21.4 Å². The van der Waals surface area contributed by atoms with E-state index in [1.165, 1.54) is 23.3 Å². The van der Waals surface area contributed by atoms with Crippen LogP contribution < -0.4 is 0 Å². The van der Waals surface area contributed by atoms with E-state index in [1.54, 1.807) is 18.2 Å². The predicted molar refractivity (Wildman–Crippen MR) is 108 cm³/mol. The molecule has 3 rings (SSSR count). The molecular weight excluding hydrogens is 383 g/mol. The van der Waals surface area contributed by atoms with Crippen LogP contribution in [0.1, 0.15) is 38.8 Å². The van der Waals surface area contributed by atoms with Crippen LogP contribution in [0.2, 0.25) is 0 Å². The molecule has 0 unspecified atom stereocenters. The number of fused-ring (bicyclic) bond motifs is 1. The lowest BCUT2D eigenvalue weighted by atomic mass is 10.0. The van der Waals surface area contributed by atoms with Crippen molar-refractivity contribution >= 4 is 20.7 Å². The predicted octanol–water partition coefficient (Wildman–Crippen LogP) is 6.06. The molecule has 0 saturated heterocycles. The van der Waals surface area contributed by atoms with Gasteiger partial charge in [-0.1, -0.05) is 75.3 Å². The van der Waals surface area contributed by atoms with Gasteiger partial charge in [-0.05, 0) is 45.6 Å². The maximum Gasteiger partial charge on any atom is 0.211 e. The first-order valence-corrected chi connectivity index (χ1v) is 9.40. The molecule has 0 amide bonds. The van der Waals surface area contributed by atoms with Gasteiger partial charge in [0.05, 0.1) is 0 Å². The van der Waals surface area contributed by atoms with Gasteiger partial charge in [0, 0.05) is 13.1 Å². The fourth-order valence-electron chi connectivity index (χ4n) is 2.13. The summed E-state index contributed by atoms with van der Waals surface area (Å²) in [4.78, 5) is 2.00. The molecule has 0 saturated carbocycles. The maximum absolute atomic E-state index is 11.9. The van der Waals surface area contributed by atoms with E-state index in [2.05, 4.69) is 39.3 Å². The molecule has 5 heteroatoms. The molecule has 0 aromatic heterocycles. The highest BCUT2D eigenvalue weighted by Gasteiger charge is 2.17. The van der Waals surface area contributed by atoms with Gasteiger partial charge in [-0.25, -0.2) is 4.39 Å². The van der Waals surface area contributed by atoms with E-state index in [4.69, 9.17) is 5.21 Å². The summed E-state index contributed by atoms with van der Waals surface area (Å²) in [6, 6.07) is 16.3. The molecule has 138 valence electrons. The Morgan fingerprint density at radius 1 is 0.960 bits per heavy atom. The Labute approximate surface area is 159 Å². The minimum atomic E-state index is -0.178. The fraction of sp³-hybridized carbons (Fsp3) is 0.350. The molecule has 3 nitrogen and oxygen atoms in total. The van der Waals surface area contributed by atoms with Gasteiger partial charge in [0.2, 0.25) is 4.74 Å². The molecule has 0 atom stereocenters. The van der Waals surface area contributed by atoms with Crippen molar-refractivity contribution in [2.75, 3.05) is 6.54 Å². The number of nitrogens with zero attached hydrogens (tertiary/aromatic N) is 2. The summed E-state index contributed by atoms with van der Waals surface area (Å²) in [5.41, 5.74) is 2.70. The Morgan fingerprint density at radius 3 is 1.96 bits per heavy atom. The van der Waals surface area contributed by atoms with Crippen molar-refractivity contribution in [3.8, 4) is 0 Å². The van der Waals surface area contributed by atoms with E-state index in [0.29, 0.717) is 4.74 Å². The third-order valence-corrected chi connectivity index (χ3v) is 3.87. The molecule has 25 heavy (non-hydrogen) atoms. The largest absolute Gasteiger partial charge is 0.409 e. The van der Waals surface area contributed by atoms with Crippen LogP contribution in [0.4, 0.5) is 4.39 Å². The number of amidine groups is 1. The van der Waals surface area contributed by atoms with Crippen LogP contribution in [0.25, 0.3) is 0 Å². The van der Waals surface area contributed by atoms with Gasteiger partial charge >= 0.3 is 0 Å². The summed E-state index contributed by atoms with van der Waals surface area (Å²) in [7, 11) is 0. The minimum absolute atomic E-state index is 0.178. The van der Waals surface area contributed by atoms with Gasteiger partial charge in [-0.3, -0.25) is 0 Å². The van der Waals surface area contributed by atoms with Gasteiger partial charge in [0.25, 0.3) is 0 Å². The second-order valence-electron chi connectivity index (χ2n) is 4.60. The molecule has 1 heterocycles. The van der Waals surface area contributed by atoms with Crippen molar-refractivity contribution in [3.63, 3.8) is 0 Å². The normalized spacial score (nSPS) is 12.2. The zero-order valence-electron chi connectivity index (χ0n) is 15.4. The Balaban J connectivity index is 0.000000441. The number of hydrogen-bond donors (Lipinski definition) is 1. The number of oxime groups is 1. The van der Waals surface area contributed by atoms with Crippen molar-refractivity contribution in [1.82, 2.24) is 4.90 Å². The smallest absolute Gasteiger partial charge is 0.211 e. The standard InChI is InChI=1S/C10H11BrN2O.C6H5F.2C2H6/c11-10(12-14)13-6-5-8-3-1-2-4-9(8)7-13;7-6-4-2-1-3-5-6;2*1-2/h1-4,14H,5-7H2;1-5H;2*1-2H3/b12-10+;;;.